The zero-order valence-electron chi connectivity index (χ0n) is 15.0. The van der Waals surface area contributed by atoms with Crippen LogP contribution < -0.4 is 4.74 Å². The zero-order chi connectivity index (χ0) is 20.5. The van der Waals surface area contributed by atoms with Gasteiger partial charge in [0.1, 0.15) is 10.6 Å². The highest BCUT2D eigenvalue weighted by Gasteiger charge is 2.35. The van der Waals surface area contributed by atoms with Crippen molar-refractivity contribution in [1.82, 2.24) is 4.31 Å². The summed E-state index contributed by atoms with van der Waals surface area (Å²) in [5, 5.41) is 0.499. The lowest BCUT2D eigenvalue weighted by atomic mass is 9.98. The second kappa shape index (κ2) is 8.59. The molecule has 0 unspecified atom stereocenters. The van der Waals surface area contributed by atoms with Crippen LogP contribution in [0.4, 0.5) is 0 Å². The van der Waals surface area contributed by atoms with Gasteiger partial charge >= 0.3 is 5.97 Å². The minimum absolute atomic E-state index is 0.0723. The van der Waals surface area contributed by atoms with Crippen molar-refractivity contribution in [2.75, 3.05) is 13.1 Å². The molecule has 28 heavy (non-hydrogen) atoms. The Hall–Kier alpha value is -1.31. The molecule has 9 heteroatoms. The van der Waals surface area contributed by atoms with Gasteiger partial charge in [0.05, 0.1) is 21.0 Å². The average Bonchev–Trinajstić information content (AvgIpc) is 2.64. The first kappa shape index (κ1) is 21.4. The Balaban J connectivity index is 1.69. The van der Waals surface area contributed by atoms with Gasteiger partial charge in [-0.1, -0.05) is 46.9 Å². The van der Waals surface area contributed by atoms with Gasteiger partial charge in [0.25, 0.3) is 0 Å². The molecule has 1 saturated heterocycles. The van der Waals surface area contributed by atoms with Crippen molar-refractivity contribution < 1.29 is 17.9 Å². The highest BCUT2D eigenvalue weighted by atomic mass is 35.5. The van der Waals surface area contributed by atoms with E-state index in [9.17, 15) is 13.2 Å². The third-order valence-corrected chi connectivity index (χ3v) is 7.77. The standard InChI is InChI=1S/C19H18Cl3NO4S/c1-12-5-6-14(20)17(11-12)27-19(24)13-7-9-23(10-8-13)28(25,26)18-15(21)3-2-4-16(18)22/h2-6,11,13H,7-10H2,1H3. The first-order valence-corrected chi connectivity index (χ1v) is 11.2. The molecule has 0 aromatic heterocycles. The van der Waals surface area contributed by atoms with E-state index in [1.54, 1.807) is 18.2 Å². The number of ether oxygens (including phenoxy) is 1. The van der Waals surface area contributed by atoms with E-state index in [1.165, 1.54) is 16.4 Å². The molecule has 3 rings (SSSR count). The molecule has 0 saturated carbocycles. The van der Waals surface area contributed by atoms with Gasteiger partial charge in [-0.05, 0) is 49.6 Å². The van der Waals surface area contributed by atoms with Gasteiger partial charge in [0, 0.05) is 13.1 Å². The Morgan fingerprint density at radius 3 is 2.25 bits per heavy atom. The van der Waals surface area contributed by atoms with Crippen LogP contribution in [0.3, 0.4) is 0 Å². The van der Waals surface area contributed by atoms with Crippen molar-refractivity contribution in [1.29, 1.82) is 0 Å². The van der Waals surface area contributed by atoms with E-state index < -0.39 is 21.9 Å². The number of benzene rings is 2. The molecule has 1 aliphatic heterocycles. The highest BCUT2D eigenvalue weighted by Crippen LogP contribution is 2.34. The fourth-order valence-corrected chi connectivity index (χ4v) is 5.79. The molecule has 1 fully saturated rings. The topological polar surface area (TPSA) is 63.7 Å². The predicted molar refractivity (Wildman–Crippen MR) is 110 cm³/mol. The first-order valence-electron chi connectivity index (χ1n) is 8.62. The van der Waals surface area contributed by atoms with E-state index >= 15 is 0 Å². The van der Waals surface area contributed by atoms with Crippen molar-refractivity contribution in [2.24, 2.45) is 5.92 Å². The fraction of sp³-hybridized carbons (Fsp3) is 0.316. The Labute approximate surface area is 179 Å². The monoisotopic (exact) mass is 461 g/mol. The van der Waals surface area contributed by atoms with Gasteiger partial charge in [0.15, 0.2) is 0 Å². The molecule has 150 valence electrons. The molecule has 1 heterocycles. The lowest BCUT2D eigenvalue weighted by molar-refractivity contribution is -0.140. The van der Waals surface area contributed by atoms with Gasteiger partial charge in [0.2, 0.25) is 10.0 Å². The number of hydrogen-bond acceptors (Lipinski definition) is 4. The van der Waals surface area contributed by atoms with Crippen LogP contribution in [0.5, 0.6) is 5.75 Å². The van der Waals surface area contributed by atoms with Crippen LogP contribution >= 0.6 is 34.8 Å². The predicted octanol–water partition coefficient (Wildman–Crippen LogP) is 4.96. The number of carbonyl (C=O) groups excluding carboxylic acids is 1. The zero-order valence-corrected chi connectivity index (χ0v) is 18.1. The number of carbonyl (C=O) groups is 1. The number of rotatable bonds is 4. The van der Waals surface area contributed by atoms with Crippen molar-refractivity contribution in [3.05, 3.63) is 57.0 Å². The normalized spacial score (nSPS) is 16.1. The maximum absolute atomic E-state index is 12.9. The maximum atomic E-state index is 12.9. The molecule has 2 aromatic rings. The SMILES string of the molecule is Cc1ccc(Cl)c(OC(=O)C2CCN(S(=O)(=O)c3c(Cl)cccc3Cl)CC2)c1. The summed E-state index contributed by atoms with van der Waals surface area (Å²) in [6.45, 7) is 2.22. The molecule has 0 spiro atoms. The minimum Gasteiger partial charge on any atom is -0.425 e. The lowest BCUT2D eigenvalue weighted by Crippen LogP contribution is -2.41. The third kappa shape index (κ3) is 4.47. The fourth-order valence-electron chi connectivity index (χ4n) is 3.07. The average molecular weight is 463 g/mol. The summed E-state index contributed by atoms with van der Waals surface area (Å²) in [6.07, 6.45) is 0.674. The molecular weight excluding hydrogens is 445 g/mol. The van der Waals surface area contributed by atoms with Gasteiger partial charge < -0.3 is 4.74 Å². The lowest BCUT2D eigenvalue weighted by Gasteiger charge is -2.30. The molecule has 0 N–H and O–H groups in total. The summed E-state index contributed by atoms with van der Waals surface area (Å²) in [6, 6.07) is 9.73. The van der Waals surface area contributed by atoms with Crippen LogP contribution in [0.2, 0.25) is 15.1 Å². The number of piperidine rings is 1. The summed E-state index contributed by atoms with van der Waals surface area (Å²) in [7, 11) is -3.85. The van der Waals surface area contributed by atoms with E-state index in [2.05, 4.69) is 0 Å². The number of halogens is 3. The third-order valence-electron chi connectivity index (χ3n) is 4.60. The Kier molecular flexibility index (Phi) is 6.57. The van der Waals surface area contributed by atoms with E-state index in [4.69, 9.17) is 39.5 Å². The summed E-state index contributed by atoms with van der Waals surface area (Å²) in [5.74, 6) is -0.519. The highest BCUT2D eigenvalue weighted by molar-refractivity contribution is 7.89. The number of nitrogens with zero attached hydrogens (tertiary/aromatic N) is 1. The van der Waals surface area contributed by atoms with Crippen LogP contribution in [-0.2, 0) is 14.8 Å². The van der Waals surface area contributed by atoms with E-state index in [-0.39, 0.29) is 28.0 Å². The Morgan fingerprint density at radius 1 is 1.04 bits per heavy atom. The summed E-state index contributed by atoms with van der Waals surface area (Å²) < 4.78 is 32.5. The largest absolute Gasteiger partial charge is 0.425 e. The smallest absolute Gasteiger partial charge is 0.314 e. The van der Waals surface area contributed by atoms with Crippen LogP contribution in [0.1, 0.15) is 18.4 Å². The van der Waals surface area contributed by atoms with Gasteiger partial charge in [-0.3, -0.25) is 4.79 Å². The van der Waals surface area contributed by atoms with Crippen LogP contribution in [0, 0.1) is 12.8 Å². The number of aryl methyl sites for hydroxylation is 1. The molecule has 0 aliphatic carbocycles. The van der Waals surface area contributed by atoms with E-state index in [0.29, 0.717) is 23.6 Å². The van der Waals surface area contributed by atoms with Crippen LogP contribution in [0.25, 0.3) is 0 Å². The van der Waals surface area contributed by atoms with Crippen LogP contribution in [0.15, 0.2) is 41.3 Å². The van der Waals surface area contributed by atoms with E-state index in [1.807, 2.05) is 13.0 Å². The summed E-state index contributed by atoms with van der Waals surface area (Å²) in [4.78, 5) is 12.4. The number of sulfonamides is 1. The van der Waals surface area contributed by atoms with Crippen molar-refractivity contribution in [3.8, 4) is 5.75 Å². The van der Waals surface area contributed by atoms with Gasteiger partial charge in [-0.25, -0.2) is 8.42 Å². The molecule has 0 amide bonds. The summed E-state index contributed by atoms with van der Waals surface area (Å²) >= 11 is 18.2. The van der Waals surface area contributed by atoms with Crippen molar-refractivity contribution >= 4 is 50.8 Å². The van der Waals surface area contributed by atoms with Gasteiger partial charge in [-0.15, -0.1) is 0 Å². The molecule has 0 bridgehead atoms. The molecule has 0 radical (unpaired) electrons. The van der Waals surface area contributed by atoms with E-state index in [0.717, 1.165) is 5.56 Å². The van der Waals surface area contributed by atoms with Crippen molar-refractivity contribution in [2.45, 2.75) is 24.7 Å². The number of esters is 1. The Morgan fingerprint density at radius 2 is 1.64 bits per heavy atom. The molecule has 2 aromatic carbocycles. The quantitative estimate of drug-likeness (QED) is 0.476. The second-order valence-corrected chi connectivity index (χ2v) is 9.68. The maximum Gasteiger partial charge on any atom is 0.314 e. The number of hydrogen-bond donors (Lipinski definition) is 0. The second-order valence-electron chi connectivity index (χ2n) is 6.58. The minimum atomic E-state index is -3.85. The Bertz CT molecular complexity index is 982. The van der Waals surface area contributed by atoms with Crippen LogP contribution in [-0.4, -0.2) is 31.8 Å². The summed E-state index contributed by atoms with van der Waals surface area (Å²) in [5.41, 5.74) is 0.921. The first-order chi connectivity index (χ1) is 13.2. The molecule has 0 atom stereocenters. The molecule has 5 nitrogen and oxygen atoms in total. The van der Waals surface area contributed by atoms with Gasteiger partial charge in [-0.2, -0.15) is 4.31 Å². The molecular formula is C19H18Cl3NO4S. The van der Waals surface area contributed by atoms with Crippen molar-refractivity contribution in [3.63, 3.8) is 0 Å². The molecule has 1 aliphatic rings.